The van der Waals surface area contributed by atoms with Crippen molar-refractivity contribution in [3.05, 3.63) is 51.2 Å². The van der Waals surface area contributed by atoms with Crippen LogP contribution in [0.2, 0.25) is 0 Å². The molecule has 2 rings (SSSR count). The first-order valence-electron chi connectivity index (χ1n) is 4.82. The van der Waals surface area contributed by atoms with Crippen LogP contribution in [0.3, 0.4) is 0 Å². The maximum absolute atomic E-state index is 5.88. The van der Waals surface area contributed by atoms with Crippen molar-refractivity contribution in [2.24, 2.45) is 0 Å². The summed E-state index contributed by atoms with van der Waals surface area (Å²) in [5.41, 5.74) is 0.931. The predicted octanol–water partition coefficient (Wildman–Crippen LogP) is 5.14. The molecule has 0 aliphatic rings. The minimum absolute atomic E-state index is 0.399. The summed E-state index contributed by atoms with van der Waals surface area (Å²) in [6.45, 7) is 0. The average molecular weight is 377 g/mol. The van der Waals surface area contributed by atoms with Gasteiger partial charge in [0.05, 0.1) is 12.1 Å². The molecular weight excluding hydrogens is 369 g/mol. The zero-order valence-corrected chi connectivity index (χ0v) is 12.6. The smallest absolute Gasteiger partial charge is 0.146 e. The summed E-state index contributed by atoms with van der Waals surface area (Å²) < 4.78 is 7.59. The third kappa shape index (κ3) is 3.44. The highest BCUT2D eigenvalue weighted by atomic mass is 79.9. The van der Waals surface area contributed by atoms with Gasteiger partial charge in [0.25, 0.3) is 0 Å². The van der Waals surface area contributed by atoms with Gasteiger partial charge in [-0.15, -0.1) is 11.6 Å². The number of aromatic nitrogens is 1. The van der Waals surface area contributed by atoms with Gasteiger partial charge in [-0.1, -0.05) is 15.9 Å². The monoisotopic (exact) mass is 375 g/mol. The highest BCUT2D eigenvalue weighted by Gasteiger charge is 2.05. The van der Waals surface area contributed by atoms with E-state index in [1.807, 2.05) is 24.3 Å². The molecule has 0 saturated heterocycles. The van der Waals surface area contributed by atoms with Gasteiger partial charge in [0, 0.05) is 20.7 Å². The van der Waals surface area contributed by atoms with Gasteiger partial charge in [0.1, 0.15) is 11.5 Å². The van der Waals surface area contributed by atoms with E-state index in [-0.39, 0.29) is 0 Å². The average Bonchev–Trinajstić information content (AvgIpc) is 2.31. The molecule has 88 valence electrons. The fourth-order valence-electron chi connectivity index (χ4n) is 1.33. The fourth-order valence-corrected chi connectivity index (χ4v) is 2.29. The molecule has 1 heterocycles. The summed E-state index contributed by atoms with van der Waals surface area (Å²) >= 11 is 12.6. The number of ether oxygens (including phenoxy) is 1. The molecule has 0 N–H and O–H groups in total. The van der Waals surface area contributed by atoms with Crippen molar-refractivity contribution in [1.29, 1.82) is 0 Å². The van der Waals surface area contributed by atoms with Crippen LogP contribution >= 0.6 is 43.5 Å². The van der Waals surface area contributed by atoms with Crippen LogP contribution < -0.4 is 4.74 Å². The Morgan fingerprint density at radius 3 is 2.65 bits per heavy atom. The highest BCUT2D eigenvalue weighted by molar-refractivity contribution is 9.10. The molecule has 0 unspecified atom stereocenters. The molecule has 0 atom stereocenters. The molecule has 0 spiro atoms. The van der Waals surface area contributed by atoms with Crippen LogP contribution in [0.4, 0.5) is 0 Å². The number of benzene rings is 1. The lowest BCUT2D eigenvalue weighted by molar-refractivity contribution is 0.475. The summed E-state index contributed by atoms with van der Waals surface area (Å²) in [7, 11) is 0. The van der Waals surface area contributed by atoms with E-state index >= 15 is 0 Å². The van der Waals surface area contributed by atoms with Crippen LogP contribution in [0.1, 0.15) is 5.56 Å². The molecule has 0 radical (unpaired) electrons. The number of pyridine rings is 1. The van der Waals surface area contributed by atoms with Crippen LogP contribution in [-0.2, 0) is 5.88 Å². The van der Waals surface area contributed by atoms with Crippen LogP contribution in [0.5, 0.6) is 11.5 Å². The summed E-state index contributed by atoms with van der Waals surface area (Å²) in [5.74, 6) is 1.81. The lowest BCUT2D eigenvalue weighted by Gasteiger charge is -2.09. The third-order valence-electron chi connectivity index (χ3n) is 2.07. The number of rotatable bonds is 3. The minimum Gasteiger partial charge on any atom is -0.455 e. The highest BCUT2D eigenvalue weighted by Crippen LogP contribution is 2.29. The number of alkyl halides is 1. The van der Waals surface area contributed by atoms with Crippen molar-refractivity contribution in [2.45, 2.75) is 5.88 Å². The topological polar surface area (TPSA) is 22.1 Å². The zero-order chi connectivity index (χ0) is 12.3. The van der Waals surface area contributed by atoms with E-state index in [0.717, 1.165) is 20.3 Å². The lowest BCUT2D eigenvalue weighted by atomic mass is 10.2. The fraction of sp³-hybridized carbons (Fsp3) is 0.0833. The van der Waals surface area contributed by atoms with Crippen molar-refractivity contribution < 1.29 is 4.74 Å². The van der Waals surface area contributed by atoms with Gasteiger partial charge in [-0.3, -0.25) is 4.98 Å². The van der Waals surface area contributed by atoms with Crippen LogP contribution in [0.25, 0.3) is 0 Å². The first-order chi connectivity index (χ1) is 8.19. The van der Waals surface area contributed by atoms with Crippen molar-refractivity contribution >= 4 is 43.5 Å². The molecular formula is C12H8Br2ClNO. The van der Waals surface area contributed by atoms with E-state index in [0.29, 0.717) is 11.6 Å². The Morgan fingerprint density at radius 2 is 1.94 bits per heavy atom. The Bertz CT molecular complexity index is 534. The number of nitrogens with zero attached hydrogens (tertiary/aromatic N) is 1. The van der Waals surface area contributed by atoms with Crippen LogP contribution in [-0.4, -0.2) is 4.98 Å². The van der Waals surface area contributed by atoms with E-state index in [4.69, 9.17) is 16.3 Å². The first-order valence-corrected chi connectivity index (χ1v) is 6.94. The number of hydrogen-bond acceptors (Lipinski definition) is 2. The van der Waals surface area contributed by atoms with E-state index in [2.05, 4.69) is 36.8 Å². The molecule has 2 nitrogen and oxygen atoms in total. The summed E-state index contributed by atoms with van der Waals surface area (Å²) in [5, 5.41) is 0. The predicted molar refractivity (Wildman–Crippen MR) is 75.7 cm³/mol. The number of halogens is 3. The van der Waals surface area contributed by atoms with Crippen LogP contribution in [0.15, 0.2) is 45.6 Å². The zero-order valence-electron chi connectivity index (χ0n) is 8.66. The summed E-state index contributed by atoms with van der Waals surface area (Å²) in [6.07, 6.45) is 3.36. The Kier molecular flexibility index (Phi) is 4.42. The largest absolute Gasteiger partial charge is 0.455 e. The van der Waals surface area contributed by atoms with E-state index in [1.165, 1.54) is 0 Å². The molecule has 5 heteroatoms. The standard InChI is InChI=1S/C12H8Br2ClNO/c13-9-1-2-12(8(3-9)5-15)17-11-4-10(14)6-16-7-11/h1-4,6-7H,5H2. The van der Waals surface area contributed by atoms with Gasteiger partial charge in [-0.05, 0) is 40.2 Å². The second-order valence-corrected chi connectivity index (χ2v) is 5.43. The maximum Gasteiger partial charge on any atom is 0.146 e. The molecule has 0 saturated carbocycles. The normalized spacial score (nSPS) is 10.3. The van der Waals surface area contributed by atoms with Crippen molar-refractivity contribution in [1.82, 2.24) is 4.98 Å². The Labute approximate surface area is 121 Å². The molecule has 0 fully saturated rings. The minimum atomic E-state index is 0.399. The molecule has 0 bridgehead atoms. The quantitative estimate of drug-likeness (QED) is 0.691. The first kappa shape index (κ1) is 12.9. The van der Waals surface area contributed by atoms with Gasteiger partial charge in [-0.25, -0.2) is 0 Å². The molecule has 0 aliphatic heterocycles. The Morgan fingerprint density at radius 1 is 1.12 bits per heavy atom. The van der Waals surface area contributed by atoms with Gasteiger partial charge >= 0.3 is 0 Å². The SMILES string of the molecule is ClCc1cc(Br)ccc1Oc1cncc(Br)c1. The van der Waals surface area contributed by atoms with E-state index in [9.17, 15) is 0 Å². The van der Waals surface area contributed by atoms with Gasteiger partial charge in [0.2, 0.25) is 0 Å². The van der Waals surface area contributed by atoms with E-state index in [1.54, 1.807) is 12.4 Å². The number of hydrogen-bond donors (Lipinski definition) is 0. The van der Waals surface area contributed by atoms with Gasteiger partial charge in [0.15, 0.2) is 0 Å². The van der Waals surface area contributed by atoms with Crippen molar-refractivity contribution in [2.75, 3.05) is 0 Å². The molecule has 1 aromatic heterocycles. The molecule has 1 aromatic carbocycles. The summed E-state index contributed by atoms with van der Waals surface area (Å²) in [4.78, 5) is 4.04. The molecule has 17 heavy (non-hydrogen) atoms. The van der Waals surface area contributed by atoms with E-state index < -0.39 is 0 Å². The lowest BCUT2D eigenvalue weighted by Crippen LogP contribution is -1.90. The Balaban J connectivity index is 2.29. The molecule has 0 aliphatic carbocycles. The second kappa shape index (κ2) is 5.85. The Hall–Kier alpha value is -0.580. The van der Waals surface area contributed by atoms with Gasteiger partial charge in [-0.2, -0.15) is 0 Å². The third-order valence-corrected chi connectivity index (χ3v) is 3.29. The maximum atomic E-state index is 5.88. The summed E-state index contributed by atoms with van der Waals surface area (Å²) in [6, 6.07) is 7.58. The van der Waals surface area contributed by atoms with Crippen LogP contribution in [0, 0.1) is 0 Å². The van der Waals surface area contributed by atoms with Gasteiger partial charge < -0.3 is 4.74 Å². The van der Waals surface area contributed by atoms with Crippen molar-refractivity contribution in [3.8, 4) is 11.5 Å². The molecule has 2 aromatic rings. The van der Waals surface area contributed by atoms with Crippen molar-refractivity contribution in [3.63, 3.8) is 0 Å². The molecule has 0 amide bonds. The second-order valence-electron chi connectivity index (χ2n) is 3.33.